The summed E-state index contributed by atoms with van der Waals surface area (Å²) in [5, 5.41) is 31.2. The van der Waals surface area contributed by atoms with Crippen LogP contribution in [0.15, 0.2) is 6.20 Å². The molecule has 6 rings (SSSR count). The quantitative estimate of drug-likeness (QED) is 0.145. The van der Waals surface area contributed by atoms with Gasteiger partial charge in [-0.05, 0) is 52.1 Å². The van der Waals surface area contributed by atoms with E-state index in [-0.39, 0.29) is 37.5 Å². The summed E-state index contributed by atoms with van der Waals surface area (Å²) < 4.78 is 58.2. The molecular weight excluding hydrogens is 661 g/mol. The molecule has 20 heteroatoms. The van der Waals surface area contributed by atoms with E-state index in [1.54, 1.807) is 38.6 Å². The van der Waals surface area contributed by atoms with Gasteiger partial charge >= 0.3 is 7.60 Å². The van der Waals surface area contributed by atoms with Gasteiger partial charge in [0.15, 0.2) is 23.5 Å². The molecule has 0 spiro atoms. The van der Waals surface area contributed by atoms with Gasteiger partial charge in [-0.1, -0.05) is 18.1 Å². The maximum atomic E-state index is 14.2. The minimum atomic E-state index is -4.14. The normalized spacial score (nSPS) is 25.8. The average molecular weight is 702 g/mol. The van der Waals surface area contributed by atoms with Gasteiger partial charge in [0.1, 0.15) is 30.7 Å². The smallest absolute Gasteiger partial charge is 0.367 e. The zero-order valence-electron chi connectivity index (χ0n) is 26.7. The molecule has 2 unspecified atom stereocenters. The molecule has 0 radical (unpaired) electrons. The van der Waals surface area contributed by atoms with Crippen LogP contribution in [0.25, 0.3) is 11.0 Å². The fourth-order valence-corrected chi connectivity index (χ4v) is 8.27. The standard InChI is InChI=1S/C27H41ClN9O9P/c1-5-42-47(39,43-6-2)27(14-38,15-40-13-19-33-35-36-34-19)41-12-18-20-21(46-26(3,4)45-20)24(44-18)37-23-17(11-29-37)22(31-25(28)32-23)30-16-9-7-8-10-16/h11,16,18,20-21,24,38H,5-10,12-15H2,1-4H3,(H,30,31,32)(H,33,34,35,36)/t18?,20-,21-,24-,27?/m1/s1. The Labute approximate surface area is 276 Å². The van der Waals surface area contributed by atoms with Crippen molar-refractivity contribution in [2.75, 3.05) is 38.4 Å². The Kier molecular flexibility index (Phi) is 10.4. The Balaban J connectivity index is 1.27. The summed E-state index contributed by atoms with van der Waals surface area (Å²) in [6, 6.07) is 0.292. The lowest BCUT2D eigenvalue weighted by molar-refractivity contribution is -0.209. The highest BCUT2D eigenvalue weighted by Crippen LogP contribution is 2.61. The molecule has 3 aromatic heterocycles. The number of anilines is 1. The van der Waals surface area contributed by atoms with Gasteiger partial charge in [-0.25, -0.2) is 4.68 Å². The summed E-state index contributed by atoms with van der Waals surface area (Å²) in [4.78, 5) is 8.93. The number of aromatic nitrogens is 8. The maximum Gasteiger partial charge on any atom is 0.367 e. The van der Waals surface area contributed by atoms with E-state index < -0.39 is 56.5 Å². The molecule has 3 fully saturated rings. The van der Waals surface area contributed by atoms with Crippen LogP contribution < -0.4 is 5.32 Å². The summed E-state index contributed by atoms with van der Waals surface area (Å²) in [5.74, 6) is -0.110. The number of rotatable bonds is 16. The molecule has 3 aliphatic rings. The van der Waals surface area contributed by atoms with E-state index >= 15 is 0 Å². The zero-order chi connectivity index (χ0) is 33.2. The second-order valence-electron chi connectivity index (χ2n) is 12.0. The number of ether oxygens (including phenoxy) is 5. The molecule has 260 valence electrons. The third-order valence-corrected chi connectivity index (χ3v) is 11.1. The highest BCUT2D eigenvalue weighted by molar-refractivity contribution is 7.55. The third kappa shape index (κ3) is 7.04. The topological polar surface area (TPSA) is 212 Å². The Morgan fingerprint density at radius 1 is 1.19 bits per heavy atom. The van der Waals surface area contributed by atoms with Gasteiger partial charge in [0.05, 0.1) is 44.6 Å². The molecule has 47 heavy (non-hydrogen) atoms. The van der Waals surface area contributed by atoms with Crippen LogP contribution in [0, 0.1) is 0 Å². The summed E-state index contributed by atoms with van der Waals surface area (Å²) in [7, 11) is -4.14. The van der Waals surface area contributed by atoms with Crippen molar-refractivity contribution >= 4 is 36.0 Å². The van der Waals surface area contributed by atoms with Crippen molar-refractivity contribution in [1.29, 1.82) is 0 Å². The van der Waals surface area contributed by atoms with E-state index in [2.05, 4.69) is 41.0 Å². The Morgan fingerprint density at radius 2 is 1.94 bits per heavy atom. The van der Waals surface area contributed by atoms with Gasteiger partial charge in [0.25, 0.3) is 0 Å². The van der Waals surface area contributed by atoms with E-state index in [1.165, 1.54) is 0 Å². The first-order valence-corrected chi connectivity index (χ1v) is 17.7. The molecule has 2 saturated heterocycles. The lowest BCUT2D eigenvalue weighted by Crippen LogP contribution is -2.46. The van der Waals surface area contributed by atoms with Crippen LogP contribution in [0.5, 0.6) is 0 Å². The number of tetrazole rings is 1. The Bertz CT molecular complexity index is 1530. The molecule has 0 aromatic carbocycles. The van der Waals surface area contributed by atoms with E-state index in [4.69, 9.17) is 44.3 Å². The molecule has 5 atom stereocenters. The molecule has 3 N–H and O–H groups in total. The number of halogens is 1. The first kappa shape index (κ1) is 34.5. The van der Waals surface area contributed by atoms with Gasteiger partial charge in [0, 0.05) is 6.04 Å². The fraction of sp³-hybridized carbons (Fsp3) is 0.778. The lowest BCUT2D eigenvalue weighted by atomic mass is 10.1. The van der Waals surface area contributed by atoms with Crippen molar-refractivity contribution in [3.63, 3.8) is 0 Å². The SMILES string of the molecule is CCOP(=O)(OCC)C(CO)(COCc1nn[nH]n1)OCC1O[C@@H](n2ncc3c(NC4CCCC4)nc(Cl)nc32)[C@@H]2OC(C)(C)O[C@H]12. The van der Waals surface area contributed by atoms with Crippen molar-refractivity contribution in [1.82, 2.24) is 40.4 Å². The maximum absolute atomic E-state index is 14.2. The summed E-state index contributed by atoms with van der Waals surface area (Å²) >= 11 is 6.40. The highest BCUT2D eigenvalue weighted by Gasteiger charge is 2.59. The van der Waals surface area contributed by atoms with E-state index in [1.807, 2.05) is 0 Å². The van der Waals surface area contributed by atoms with Gasteiger partial charge in [-0.15, -0.1) is 10.2 Å². The number of hydrogen-bond acceptors (Lipinski definition) is 16. The fourth-order valence-electron chi connectivity index (χ4n) is 6.22. The highest BCUT2D eigenvalue weighted by atomic mass is 35.5. The molecule has 1 aliphatic carbocycles. The third-order valence-electron chi connectivity index (χ3n) is 8.30. The largest absolute Gasteiger partial charge is 0.393 e. The van der Waals surface area contributed by atoms with Gasteiger partial charge in [-0.2, -0.15) is 20.3 Å². The number of fused-ring (bicyclic) bond motifs is 2. The monoisotopic (exact) mass is 701 g/mol. The Hall–Kier alpha value is -2.38. The average Bonchev–Trinajstić information content (AvgIpc) is 3.86. The van der Waals surface area contributed by atoms with Gasteiger partial charge < -0.3 is 43.2 Å². The van der Waals surface area contributed by atoms with E-state index in [9.17, 15) is 9.67 Å². The summed E-state index contributed by atoms with van der Waals surface area (Å²) in [5.41, 5.74) is 0.459. The first-order valence-electron chi connectivity index (χ1n) is 15.7. The summed E-state index contributed by atoms with van der Waals surface area (Å²) in [6.07, 6.45) is 3.22. The molecule has 18 nitrogen and oxygen atoms in total. The zero-order valence-corrected chi connectivity index (χ0v) is 28.4. The number of nitrogens with one attached hydrogen (secondary N) is 2. The van der Waals surface area contributed by atoms with Crippen LogP contribution in [0.4, 0.5) is 5.82 Å². The first-order chi connectivity index (χ1) is 22.6. The van der Waals surface area contributed by atoms with Crippen molar-refractivity contribution in [2.24, 2.45) is 0 Å². The van der Waals surface area contributed by atoms with Crippen LogP contribution in [0.1, 0.15) is 65.4 Å². The van der Waals surface area contributed by atoms with Crippen molar-refractivity contribution < 1.29 is 42.4 Å². The number of H-pyrrole nitrogens is 1. The van der Waals surface area contributed by atoms with Gasteiger partial charge in [-0.3, -0.25) is 4.57 Å². The van der Waals surface area contributed by atoms with Crippen LogP contribution in [-0.4, -0.2) is 114 Å². The molecule has 5 heterocycles. The van der Waals surface area contributed by atoms with Gasteiger partial charge in [0.2, 0.25) is 10.6 Å². The van der Waals surface area contributed by atoms with Crippen molar-refractivity contribution in [3.05, 3.63) is 17.3 Å². The number of nitrogens with zero attached hydrogens (tertiary/aromatic N) is 7. The predicted octanol–water partition coefficient (Wildman–Crippen LogP) is 2.95. The molecular formula is C27H41ClN9O9P. The van der Waals surface area contributed by atoms with E-state index in [0.717, 1.165) is 25.7 Å². The molecule has 0 bridgehead atoms. The van der Waals surface area contributed by atoms with Crippen molar-refractivity contribution in [3.8, 4) is 0 Å². The predicted molar refractivity (Wildman–Crippen MR) is 164 cm³/mol. The Morgan fingerprint density at radius 3 is 2.62 bits per heavy atom. The van der Waals surface area contributed by atoms with Crippen LogP contribution in [-0.2, 0) is 43.9 Å². The van der Waals surface area contributed by atoms with Crippen LogP contribution in [0.2, 0.25) is 5.28 Å². The number of aromatic amines is 1. The molecule has 2 aliphatic heterocycles. The molecule has 0 amide bonds. The van der Waals surface area contributed by atoms with Crippen LogP contribution in [0.3, 0.4) is 0 Å². The van der Waals surface area contributed by atoms with Crippen molar-refractivity contribution in [2.45, 2.75) is 102 Å². The number of aliphatic hydroxyl groups is 1. The number of aliphatic hydroxyl groups excluding tert-OH is 1. The minimum Gasteiger partial charge on any atom is -0.393 e. The second-order valence-corrected chi connectivity index (χ2v) is 14.7. The molecule has 1 saturated carbocycles. The number of hydrogen-bond donors (Lipinski definition) is 3. The summed E-state index contributed by atoms with van der Waals surface area (Å²) in [6.45, 7) is 5.50. The van der Waals surface area contributed by atoms with Crippen LogP contribution >= 0.6 is 19.2 Å². The minimum absolute atomic E-state index is 0.0272. The van der Waals surface area contributed by atoms with E-state index in [0.29, 0.717) is 22.9 Å². The second kappa shape index (κ2) is 14.2. The lowest BCUT2D eigenvalue weighted by Gasteiger charge is -2.37. The molecule has 3 aromatic rings.